The summed E-state index contributed by atoms with van der Waals surface area (Å²) in [6.07, 6.45) is 3.14. The number of aryl methyl sites for hydroxylation is 1. The summed E-state index contributed by atoms with van der Waals surface area (Å²) in [4.78, 5) is 19.1. The summed E-state index contributed by atoms with van der Waals surface area (Å²) in [6.45, 7) is 4.06. The van der Waals surface area contributed by atoms with Gasteiger partial charge in [-0.1, -0.05) is 29.8 Å². The van der Waals surface area contributed by atoms with Crippen molar-refractivity contribution in [3.63, 3.8) is 0 Å². The van der Waals surface area contributed by atoms with Gasteiger partial charge in [0.2, 0.25) is 0 Å². The number of amides is 1. The minimum Gasteiger partial charge on any atom is -0.329 e. The molecule has 7 heteroatoms. The van der Waals surface area contributed by atoms with E-state index in [4.69, 9.17) is 11.6 Å². The maximum absolute atomic E-state index is 13.3. The molecule has 6 nitrogen and oxygen atoms in total. The number of carbonyl (C=O) groups is 1. The van der Waals surface area contributed by atoms with E-state index in [1.165, 1.54) is 6.33 Å². The standard InChI is InChI=1S/C20H20ClN5O/c1-14-10-15(6-7-18(14)26-13-23-12-24-26)20(27)25-9-8-22-11-19(25)16-4-2-3-5-17(16)21/h2-7,10,12-13,19,22H,8-9,11H2,1H3. The average molecular weight is 382 g/mol. The Morgan fingerprint density at radius 2 is 2.11 bits per heavy atom. The predicted molar refractivity (Wildman–Crippen MR) is 104 cm³/mol. The zero-order chi connectivity index (χ0) is 18.8. The fraction of sp³-hybridized carbons (Fsp3) is 0.250. The van der Waals surface area contributed by atoms with Gasteiger partial charge in [0.05, 0.1) is 11.7 Å². The van der Waals surface area contributed by atoms with E-state index < -0.39 is 0 Å². The van der Waals surface area contributed by atoms with E-state index in [1.807, 2.05) is 54.3 Å². The van der Waals surface area contributed by atoms with Gasteiger partial charge in [0.25, 0.3) is 5.91 Å². The van der Waals surface area contributed by atoms with Gasteiger partial charge in [-0.2, -0.15) is 5.10 Å². The highest BCUT2D eigenvalue weighted by Crippen LogP contribution is 2.30. The molecular weight excluding hydrogens is 362 g/mol. The average Bonchev–Trinajstić information content (AvgIpc) is 3.22. The monoisotopic (exact) mass is 381 g/mol. The lowest BCUT2D eigenvalue weighted by Crippen LogP contribution is -2.48. The van der Waals surface area contributed by atoms with Crippen LogP contribution in [0.1, 0.15) is 27.5 Å². The molecule has 138 valence electrons. The molecule has 1 fully saturated rings. The van der Waals surface area contributed by atoms with E-state index in [1.54, 1.807) is 11.0 Å². The molecule has 1 aromatic heterocycles. The van der Waals surface area contributed by atoms with Crippen LogP contribution in [0, 0.1) is 6.92 Å². The molecule has 4 rings (SSSR count). The van der Waals surface area contributed by atoms with Gasteiger partial charge < -0.3 is 10.2 Å². The number of rotatable bonds is 3. The maximum atomic E-state index is 13.3. The molecule has 1 amide bonds. The highest BCUT2D eigenvalue weighted by molar-refractivity contribution is 6.31. The molecule has 2 aromatic carbocycles. The van der Waals surface area contributed by atoms with Crippen LogP contribution < -0.4 is 5.32 Å². The highest BCUT2D eigenvalue weighted by atomic mass is 35.5. The number of hydrogen-bond acceptors (Lipinski definition) is 4. The first kappa shape index (κ1) is 17.7. The molecule has 3 aromatic rings. The third-order valence-corrected chi connectivity index (χ3v) is 5.22. The Morgan fingerprint density at radius 1 is 1.26 bits per heavy atom. The molecule has 1 atom stereocenters. The number of nitrogens with one attached hydrogen (secondary N) is 1. The number of aromatic nitrogens is 3. The van der Waals surface area contributed by atoms with Crippen LogP contribution in [-0.4, -0.2) is 45.2 Å². The first-order valence-corrected chi connectivity index (χ1v) is 9.24. The molecule has 1 saturated heterocycles. The Morgan fingerprint density at radius 3 is 2.85 bits per heavy atom. The summed E-state index contributed by atoms with van der Waals surface area (Å²) in [5.74, 6) is 0.00894. The number of carbonyl (C=O) groups excluding carboxylic acids is 1. The summed E-state index contributed by atoms with van der Waals surface area (Å²) in [5, 5.41) is 8.21. The van der Waals surface area contributed by atoms with Gasteiger partial charge in [0, 0.05) is 30.2 Å². The summed E-state index contributed by atoms with van der Waals surface area (Å²) in [5.41, 5.74) is 3.51. The van der Waals surface area contributed by atoms with Crippen LogP contribution in [0.2, 0.25) is 5.02 Å². The van der Waals surface area contributed by atoms with Gasteiger partial charge in [-0.15, -0.1) is 0 Å². The maximum Gasteiger partial charge on any atom is 0.254 e. The van der Waals surface area contributed by atoms with Crippen LogP contribution >= 0.6 is 11.6 Å². The normalized spacial score (nSPS) is 17.1. The second-order valence-electron chi connectivity index (χ2n) is 6.58. The number of halogens is 1. The van der Waals surface area contributed by atoms with Gasteiger partial charge in [0.15, 0.2) is 0 Å². The quantitative estimate of drug-likeness (QED) is 0.757. The summed E-state index contributed by atoms with van der Waals surface area (Å²) < 4.78 is 1.70. The second kappa shape index (κ2) is 7.50. The molecule has 0 spiro atoms. The number of piperazine rings is 1. The molecule has 0 radical (unpaired) electrons. The molecular formula is C20H20ClN5O. The lowest BCUT2D eigenvalue weighted by atomic mass is 10.0. The fourth-order valence-electron chi connectivity index (χ4n) is 3.51. The van der Waals surface area contributed by atoms with Crippen molar-refractivity contribution in [2.24, 2.45) is 0 Å². The summed E-state index contributed by atoms with van der Waals surface area (Å²) in [7, 11) is 0. The second-order valence-corrected chi connectivity index (χ2v) is 6.99. The van der Waals surface area contributed by atoms with Gasteiger partial charge in [0.1, 0.15) is 12.7 Å². The number of benzene rings is 2. The van der Waals surface area contributed by atoms with Crippen molar-refractivity contribution in [3.05, 3.63) is 76.8 Å². The minimum atomic E-state index is -0.0877. The van der Waals surface area contributed by atoms with Gasteiger partial charge in [-0.25, -0.2) is 9.67 Å². The lowest BCUT2D eigenvalue weighted by Gasteiger charge is -2.37. The third-order valence-electron chi connectivity index (χ3n) is 4.88. The Hall–Kier alpha value is -2.70. The van der Waals surface area contributed by atoms with Gasteiger partial charge >= 0.3 is 0 Å². The highest BCUT2D eigenvalue weighted by Gasteiger charge is 2.30. The molecule has 0 bridgehead atoms. The molecule has 1 aliphatic heterocycles. The van der Waals surface area contributed by atoms with Crippen molar-refractivity contribution in [2.75, 3.05) is 19.6 Å². The van der Waals surface area contributed by atoms with Crippen LogP contribution in [0.25, 0.3) is 5.69 Å². The van der Waals surface area contributed by atoms with Crippen LogP contribution in [0.5, 0.6) is 0 Å². The Kier molecular flexibility index (Phi) is 4.92. The first-order chi connectivity index (χ1) is 13.1. The van der Waals surface area contributed by atoms with Crippen molar-refractivity contribution in [3.8, 4) is 5.69 Å². The Bertz CT molecular complexity index is 957. The predicted octanol–water partition coefficient (Wildman–Crippen LogP) is 3.02. The molecule has 1 N–H and O–H groups in total. The van der Waals surface area contributed by atoms with Crippen molar-refractivity contribution < 1.29 is 4.79 Å². The van der Waals surface area contributed by atoms with Crippen LogP contribution in [0.4, 0.5) is 0 Å². The molecule has 1 unspecified atom stereocenters. The Labute approximate surface area is 162 Å². The van der Waals surface area contributed by atoms with Crippen LogP contribution in [0.15, 0.2) is 55.1 Å². The van der Waals surface area contributed by atoms with Crippen LogP contribution in [0.3, 0.4) is 0 Å². The third kappa shape index (κ3) is 3.46. The van der Waals surface area contributed by atoms with Crippen molar-refractivity contribution in [1.82, 2.24) is 25.0 Å². The first-order valence-electron chi connectivity index (χ1n) is 8.87. The summed E-state index contributed by atoms with van der Waals surface area (Å²) >= 11 is 6.40. The van der Waals surface area contributed by atoms with E-state index in [0.29, 0.717) is 23.7 Å². The minimum absolute atomic E-state index is 0.00894. The van der Waals surface area contributed by atoms with E-state index >= 15 is 0 Å². The lowest BCUT2D eigenvalue weighted by molar-refractivity contribution is 0.0634. The largest absolute Gasteiger partial charge is 0.329 e. The summed E-state index contributed by atoms with van der Waals surface area (Å²) in [6, 6.07) is 13.3. The van der Waals surface area contributed by atoms with E-state index in [0.717, 1.165) is 23.4 Å². The smallest absolute Gasteiger partial charge is 0.254 e. The molecule has 2 heterocycles. The van der Waals surface area contributed by atoms with Crippen molar-refractivity contribution in [1.29, 1.82) is 0 Å². The zero-order valence-corrected chi connectivity index (χ0v) is 15.7. The van der Waals surface area contributed by atoms with Crippen molar-refractivity contribution in [2.45, 2.75) is 13.0 Å². The topological polar surface area (TPSA) is 63.1 Å². The van der Waals surface area contributed by atoms with Gasteiger partial charge in [-0.3, -0.25) is 4.79 Å². The molecule has 27 heavy (non-hydrogen) atoms. The van der Waals surface area contributed by atoms with E-state index in [9.17, 15) is 4.79 Å². The van der Waals surface area contributed by atoms with E-state index in [-0.39, 0.29) is 11.9 Å². The van der Waals surface area contributed by atoms with Crippen LogP contribution in [-0.2, 0) is 0 Å². The SMILES string of the molecule is Cc1cc(C(=O)N2CCNCC2c2ccccc2Cl)ccc1-n1cncn1. The van der Waals surface area contributed by atoms with Crippen molar-refractivity contribution >= 4 is 17.5 Å². The Balaban J connectivity index is 1.64. The zero-order valence-electron chi connectivity index (χ0n) is 15.0. The van der Waals surface area contributed by atoms with Gasteiger partial charge in [-0.05, 0) is 42.3 Å². The fourth-order valence-corrected chi connectivity index (χ4v) is 3.78. The number of nitrogens with zero attached hydrogens (tertiary/aromatic N) is 4. The molecule has 1 aliphatic rings. The van der Waals surface area contributed by atoms with E-state index in [2.05, 4.69) is 15.4 Å². The number of hydrogen-bond donors (Lipinski definition) is 1. The molecule has 0 saturated carbocycles. The molecule has 0 aliphatic carbocycles.